The lowest BCUT2D eigenvalue weighted by Crippen LogP contribution is -2.49. The van der Waals surface area contributed by atoms with Gasteiger partial charge in [-0.1, -0.05) is 63.8 Å². The number of allylic oxidation sites excluding steroid dienone is 1. The summed E-state index contributed by atoms with van der Waals surface area (Å²) in [6.45, 7) is 4.77. The summed E-state index contributed by atoms with van der Waals surface area (Å²) < 4.78 is 25.5. The van der Waals surface area contributed by atoms with Gasteiger partial charge < -0.3 is 34.3 Å². The molecular weight excluding hydrogens is 636 g/mol. The number of carbonyl (C=O) groups excluding carboxylic acids is 3. The minimum atomic E-state index is -0.810. The number of fused-ring (bicyclic) bond motifs is 2. The van der Waals surface area contributed by atoms with Gasteiger partial charge in [-0.2, -0.15) is 0 Å². The fourth-order valence-corrected chi connectivity index (χ4v) is 8.19. The van der Waals surface area contributed by atoms with Gasteiger partial charge in [-0.3, -0.25) is 9.59 Å². The maximum absolute atomic E-state index is 14.1. The molecule has 1 aromatic rings. The van der Waals surface area contributed by atoms with E-state index in [1.807, 2.05) is 24.3 Å². The minimum Gasteiger partial charge on any atom is -0.456 e. The second-order valence-electron chi connectivity index (χ2n) is 14.8. The standard InChI is InChI=1S/C40H56N2O8/c1-3-5-7-18-40(19-8-6-4-2)49-35-26-30(38(45)42-21-10-13-31(42)37(44)41-20-22-43)25-34(36(35)50-40)48-39(46)29-12-9-11-27(23-29)14-15-28-16-17-32-33(24-28)47-32/h9,11-12,14-15,23,26,28,31-36,43H,3-8,10,13,16-22,24-25H2,1-2H3,(H,41,44)/t28?,31-,32?,33?,34-,35-,36+/m1/s1. The molecule has 274 valence electrons. The summed E-state index contributed by atoms with van der Waals surface area (Å²) in [5, 5.41) is 11.9. The molecule has 0 radical (unpaired) electrons. The molecule has 7 atom stereocenters. The molecule has 1 aromatic carbocycles. The number of aliphatic hydroxyl groups excluding tert-OH is 1. The lowest BCUT2D eigenvalue weighted by molar-refractivity contribution is -0.190. The second-order valence-corrected chi connectivity index (χ2v) is 14.8. The molecule has 0 aromatic heterocycles. The fraction of sp³-hybridized carbons (Fsp3) is 0.675. The van der Waals surface area contributed by atoms with E-state index in [1.165, 1.54) is 0 Å². The van der Waals surface area contributed by atoms with Gasteiger partial charge in [-0.05, 0) is 74.6 Å². The van der Waals surface area contributed by atoms with Crippen molar-refractivity contribution in [3.05, 3.63) is 53.1 Å². The summed E-state index contributed by atoms with van der Waals surface area (Å²) in [6.07, 6.45) is 17.5. The van der Waals surface area contributed by atoms with E-state index < -0.39 is 36.1 Å². The van der Waals surface area contributed by atoms with Crippen LogP contribution >= 0.6 is 0 Å². The molecule has 3 aliphatic heterocycles. The quantitative estimate of drug-likeness (QED) is 0.125. The van der Waals surface area contributed by atoms with Gasteiger partial charge in [0.05, 0.1) is 24.4 Å². The highest BCUT2D eigenvalue weighted by Gasteiger charge is 2.53. The lowest BCUT2D eigenvalue weighted by Gasteiger charge is -2.33. The predicted octanol–water partition coefficient (Wildman–Crippen LogP) is 5.86. The summed E-state index contributed by atoms with van der Waals surface area (Å²) in [4.78, 5) is 42.4. The van der Waals surface area contributed by atoms with Crippen molar-refractivity contribution in [2.45, 2.75) is 146 Å². The van der Waals surface area contributed by atoms with Gasteiger partial charge in [-0.15, -0.1) is 0 Å². The maximum Gasteiger partial charge on any atom is 0.338 e. The molecule has 4 fully saturated rings. The smallest absolute Gasteiger partial charge is 0.338 e. The number of rotatable bonds is 16. The normalized spacial score (nSPS) is 29.7. The number of epoxide rings is 1. The van der Waals surface area contributed by atoms with Crippen molar-refractivity contribution < 1.29 is 38.4 Å². The van der Waals surface area contributed by atoms with Crippen LogP contribution in [0.5, 0.6) is 0 Å². The number of nitrogens with one attached hydrogen (secondary N) is 1. The summed E-state index contributed by atoms with van der Waals surface area (Å²) >= 11 is 0. The van der Waals surface area contributed by atoms with Gasteiger partial charge >= 0.3 is 5.97 Å². The Labute approximate surface area is 296 Å². The Hall–Kier alpha value is -3.05. The fourth-order valence-electron chi connectivity index (χ4n) is 8.19. The third-order valence-corrected chi connectivity index (χ3v) is 11.0. The first kappa shape index (κ1) is 36.7. The number of hydrogen-bond donors (Lipinski definition) is 2. The highest BCUT2D eigenvalue weighted by atomic mass is 16.8. The van der Waals surface area contributed by atoms with Crippen LogP contribution in [0, 0.1) is 5.92 Å². The van der Waals surface area contributed by atoms with Crippen molar-refractivity contribution in [1.82, 2.24) is 10.2 Å². The van der Waals surface area contributed by atoms with Gasteiger partial charge in [0, 0.05) is 37.9 Å². The Bertz CT molecular complexity index is 1400. The number of hydrogen-bond acceptors (Lipinski definition) is 8. The van der Waals surface area contributed by atoms with Gasteiger partial charge in [-0.25, -0.2) is 4.79 Å². The number of amides is 2. The lowest BCUT2D eigenvalue weighted by atomic mass is 9.88. The van der Waals surface area contributed by atoms with E-state index >= 15 is 0 Å². The number of nitrogens with zero attached hydrogens (tertiary/aromatic N) is 1. The molecule has 2 N–H and O–H groups in total. The first-order chi connectivity index (χ1) is 24.3. The molecular formula is C40H56N2O8. The first-order valence-corrected chi connectivity index (χ1v) is 19.2. The van der Waals surface area contributed by atoms with Crippen molar-refractivity contribution in [3.8, 4) is 0 Å². The van der Waals surface area contributed by atoms with Crippen molar-refractivity contribution in [3.63, 3.8) is 0 Å². The molecule has 10 heteroatoms. The average Bonchev–Trinajstić information content (AvgIpc) is 3.55. The number of likely N-dealkylation sites (tertiary alicyclic amines) is 1. The second kappa shape index (κ2) is 17.0. The first-order valence-electron chi connectivity index (χ1n) is 19.2. The number of esters is 1. The molecule has 3 saturated heterocycles. The van der Waals surface area contributed by atoms with E-state index in [1.54, 1.807) is 11.0 Å². The number of carbonyl (C=O) groups is 3. The topological polar surface area (TPSA) is 127 Å². The van der Waals surface area contributed by atoms with Crippen molar-refractivity contribution in [2.24, 2.45) is 5.92 Å². The van der Waals surface area contributed by atoms with E-state index in [0.29, 0.717) is 48.6 Å². The molecule has 2 amide bonds. The number of unbranched alkanes of at least 4 members (excludes halogenated alkanes) is 4. The van der Waals surface area contributed by atoms with Crippen LogP contribution in [0.25, 0.3) is 6.08 Å². The van der Waals surface area contributed by atoms with Crippen LogP contribution in [0.2, 0.25) is 0 Å². The molecule has 0 spiro atoms. The molecule has 10 nitrogen and oxygen atoms in total. The van der Waals surface area contributed by atoms with E-state index in [4.69, 9.17) is 18.9 Å². The molecule has 50 heavy (non-hydrogen) atoms. The highest BCUT2D eigenvalue weighted by molar-refractivity contribution is 5.98. The van der Waals surface area contributed by atoms with Crippen LogP contribution < -0.4 is 5.32 Å². The number of aliphatic hydroxyl groups is 1. The maximum atomic E-state index is 14.1. The third kappa shape index (κ3) is 8.87. The predicted molar refractivity (Wildman–Crippen MR) is 189 cm³/mol. The van der Waals surface area contributed by atoms with E-state index in [0.717, 1.165) is 76.2 Å². The molecule has 1 saturated carbocycles. The van der Waals surface area contributed by atoms with Crippen LogP contribution in [0.1, 0.15) is 120 Å². The zero-order valence-corrected chi connectivity index (χ0v) is 29.9. The molecule has 3 unspecified atom stereocenters. The molecule has 6 rings (SSSR count). The summed E-state index contributed by atoms with van der Waals surface area (Å²) in [7, 11) is 0. The zero-order chi connectivity index (χ0) is 35.1. The molecule has 3 heterocycles. The van der Waals surface area contributed by atoms with Gasteiger partial charge in [0.15, 0.2) is 5.79 Å². The van der Waals surface area contributed by atoms with Crippen LogP contribution in [0.15, 0.2) is 42.0 Å². The monoisotopic (exact) mass is 692 g/mol. The molecule has 5 aliphatic rings. The van der Waals surface area contributed by atoms with Crippen LogP contribution in [-0.4, -0.2) is 89.8 Å². The van der Waals surface area contributed by atoms with Gasteiger partial charge in [0.25, 0.3) is 0 Å². The van der Waals surface area contributed by atoms with E-state index in [-0.39, 0.29) is 31.4 Å². The van der Waals surface area contributed by atoms with Crippen molar-refractivity contribution >= 4 is 23.9 Å². The van der Waals surface area contributed by atoms with Crippen LogP contribution in [0.4, 0.5) is 0 Å². The highest BCUT2D eigenvalue weighted by Crippen LogP contribution is 2.44. The van der Waals surface area contributed by atoms with Gasteiger partial charge in [0.2, 0.25) is 11.8 Å². The molecule has 0 bridgehead atoms. The van der Waals surface area contributed by atoms with Crippen LogP contribution in [-0.2, 0) is 28.5 Å². The zero-order valence-electron chi connectivity index (χ0n) is 29.9. The third-order valence-electron chi connectivity index (χ3n) is 11.0. The Kier molecular flexibility index (Phi) is 12.5. The van der Waals surface area contributed by atoms with Crippen molar-refractivity contribution in [2.75, 3.05) is 19.7 Å². The Morgan fingerprint density at radius 2 is 1.84 bits per heavy atom. The summed E-state index contributed by atoms with van der Waals surface area (Å²) in [5.41, 5.74) is 1.84. The van der Waals surface area contributed by atoms with Crippen molar-refractivity contribution in [1.29, 1.82) is 0 Å². The van der Waals surface area contributed by atoms with Crippen LogP contribution in [0.3, 0.4) is 0 Å². The Morgan fingerprint density at radius 1 is 1.04 bits per heavy atom. The molecule has 2 aliphatic carbocycles. The van der Waals surface area contributed by atoms with Gasteiger partial charge in [0.1, 0.15) is 24.4 Å². The van der Waals surface area contributed by atoms with E-state index in [9.17, 15) is 19.5 Å². The summed E-state index contributed by atoms with van der Waals surface area (Å²) in [6, 6.07) is 6.86. The minimum absolute atomic E-state index is 0.137. The van der Waals surface area contributed by atoms with E-state index in [2.05, 4.69) is 31.3 Å². The summed E-state index contributed by atoms with van der Waals surface area (Å²) in [5.74, 6) is -1.32. The Balaban J connectivity index is 1.21. The number of benzene rings is 1. The average molecular weight is 693 g/mol. The SMILES string of the molecule is CCCCCC1(CCCCC)O[C@@H]2[C@@H](C=C(C(=O)N3CCC[C@@H]3C(=O)NCCO)C[C@H]2OC(=O)c2cccc(C=CC3CCC4OC4C3)c2)O1. The largest absolute Gasteiger partial charge is 0.456 e. The number of ether oxygens (including phenoxy) is 4. The Morgan fingerprint density at radius 3 is 2.58 bits per heavy atom.